The van der Waals surface area contributed by atoms with Crippen molar-refractivity contribution in [3.63, 3.8) is 0 Å². The van der Waals surface area contributed by atoms with E-state index in [0.717, 1.165) is 13.8 Å². The minimum absolute atomic E-state index is 0.00793. The molecule has 1 unspecified atom stereocenters. The Morgan fingerprint density at radius 1 is 0.970 bits per heavy atom. The fourth-order valence-corrected chi connectivity index (χ4v) is 4.32. The average Bonchev–Trinajstić information content (AvgIpc) is 3.10. The smallest absolute Gasteiger partial charge is 0.285 e. The van der Waals surface area contributed by atoms with Crippen molar-refractivity contribution in [3.05, 3.63) is 53.1 Å². The van der Waals surface area contributed by atoms with Crippen molar-refractivity contribution in [2.75, 3.05) is 6.61 Å². The standard InChI is InChI=1S/C23H25NO9/c1-4-31-16-7-5-13(6-8-16)17-10-18-15(9-14(17)11-24)12-32-20(18)22(27,28)23(29,30)21(25,26)19(2,3)33-20/h5-10,25-30H,4,12H2,1-3H3. The third kappa shape index (κ3) is 2.96. The van der Waals surface area contributed by atoms with Gasteiger partial charge >= 0.3 is 0 Å². The van der Waals surface area contributed by atoms with Crippen LogP contribution >= 0.6 is 0 Å². The summed E-state index contributed by atoms with van der Waals surface area (Å²) in [6, 6.07) is 11.8. The van der Waals surface area contributed by atoms with Gasteiger partial charge in [0.05, 0.1) is 24.8 Å². The van der Waals surface area contributed by atoms with E-state index in [9.17, 15) is 35.9 Å². The van der Waals surface area contributed by atoms with E-state index in [-0.39, 0.29) is 17.7 Å². The van der Waals surface area contributed by atoms with Gasteiger partial charge in [0, 0.05) is 5.56 Å². The van der Waals surface area contributed by atoms with E-state index < -0.39 is 28.7 Å². The van der Waals surface area contributed by atoms with Crippen LogP contribution in [0.1, 0.15) is 37.5 Å². The van der Waals surface area contributed by atoms with Crippen LogP contribution in [0.4, 0.5) is 0 Å². The molecule has 0 aromatic heterocycles. The Morgan fingerprint density at radius 2 is 1.61 bits per heavy atom. The molecule has 2 heterocycles. The van der Waals surface area contributed by atoms with Gasteiger partial charge in [-0.25, -0.2) is 0 Å². The van der Waals surface area contributed by atoms with Crippen molar-refractivity contribution < 1.29 is 44.8 Å². The van der Waals surface area contributed by atoms with E-state index in [1.54, 1.807) is 24.3 Å². The molecule has 1 spiro atoms. The van der Waals surface area contributed by atoms with Gasteiger partial charge in [0.25, 0.3) is 23.1 Å². The molecule has 0 aliphatic carbocycles. The lowest BCUT2D eigenvalue weighted by molar-refractivity contribution is -0.584. The Morgan fingerprint density at radius 3 is 2.18 bits per heavy atom. The molecule has 10 nitrogen and oxygen atoms in total. The fourth-order valence-electron chi connectivity index (χ4n) is 4.32. The van der Waals surface area contributed by atoms with Crippen LogP contribution in [0.5, 0.6) is 5.75 Å². The molecule has 0 saturated carbocycles. The number of benzene rings is 2. The van der Waals surface area contributed by atoms with Crippen molar-refractivity contribution in [3.8, 4) is 22.9 Å². The molecule has 1 fully saturated rings. The predicted molar refractivity (Wildman–Crippen MR) is 111 cm³/mol. The highest BCUT2D eigenvalue weighted by atomic mass is 16.8. The molecule has 10 heteroatoms. The van der Waals surface area contributed by atoms with Crippen molar-refractivity contribution in [2.24, 2.45) is 0 Å². The van der Waals surface area contributed by atoms with Crippen LogP contribution in [0.2, 0.25) is 0 Å². The van der Waals surface area contributed by atoms with Gasteiger partial charge in [-0.05, 0) is 61.7 Å². The molecule has 0 amide bonds. The Balaban J connectivity index is 1.92. The van der Waals surface area contributed by atoms with Crippen molar-refractivity contribution in [1.29, 1.82) is 5.26 Å². The van der Waals surface area contributed by atoms with Crippen molar-refractivity contribution >= 4 is 0 Å². The lowest BCUT2D eigenvalue weighted by Gasteiger charge is -2.60. The maximum absolute atomic E-state index is 10.9. The number of hydrogen-bond acceptors (Lipinski definition) is 10. The van der Waals surface area contributed by atoms with E-state index in [4.69, 9.17) is 14.2 Å². The van der Waals surface area contributed by atoms with Gasteiger partial charge in [-0.3, -0.25) is 0 Å². The summed E-state index contributed by atoms with van der Waals surface area (Å²) in [5, 5.41) is 73.1. The van der Waals surface area contributed by atoms with E-state index in [1.807, 2.05) is 6.92 Å². The maximum Gasteiger partial charge on any atom is 0.285 e. The van der Waals surface area contributed by atoms with E-state index in [1.165, 1.54) is 12.1 Å². The summed E-state index contributed by atoms with van der Waals surface area (Å²) in [4.78, 5) is 0. The first-order valence-corrected chi connectivity index (χ1v) is 10.2. The highest BCUT2D eigenvalue weighted by Gasteiger charge is 2.82. The number of fused-ring (bicyclic) bond motifs is 2. The normalized spacial score (nSPS) is 25.9. The summed E-state index contributed by atoms with van der Waals surface area (Å²) in [5.74, 6) is -13.1. The highest BCUT2D eigenvalue weighted by Crippen LogP contribution is 2.58. The number of aliphatic hydroxyl groups is 6. The largest absolute Gasteiger partial charge is 0.494 e. The first-order valence-electron chi connectivity index (χ1n) is 10.2. The zero-order chi connectivity index (χ0) is 24.4. The molecule has 4 rings (SSSR count). The van der Waals surface area contributed by atoms with Crippen LogP contribution in [0, 0.1) is 11.3 Å². The average molecular weight is 459 g/mol. The third-order valence-electron chi connectivity index (χ3n) is 6.30. The molecular formula is C23H25NO9. The molecule has 0 radical (unpaired) electrons. The number of nitrogens with zero attached hydrogens (tertiary/aromatic N) is 1. The minimum Gasteiger partial charge on any atom is -0.494 e. The Labute approximate surface area is 189 Å². The van der Waals surface area contributed by atoms with Crippen molar-refractivity contribution in [2.45, 2.75) is 56.1 Å². The van der Waals surface area contributed by atoms with Gasteiger partial charge in [0.15, 0.2) is 0 Å². The molecule has 1 atom stereocenters. The quantitative estimate of drug-likeness (QED) is 0.347. The second kappa shape index (κ2) is 7.20. The van der Waals surface area contributed by atoms with Gasteiger partial charge in [-0.1, -0.05) is 12.1 Å². The van der Waals surface area contributed by atoms with Gasteiger partial charge in [0.1, 0.15) is 11.4 Å². The monoisotopic (exact) mass is 459 g/mol. The maximum atomic E-state index is 10.9. The van der Waals surface area contributed by atoms with Crippen molar-refractivity contribution in [1.82, 2.24) is 0 Å². The van der Waals surface area contributed by atoms with Crippen LogP contribution in [-0.2, 0) is 21.9 Å². The molecule has 1 saturated heterocycles. The van der Waals surface area contributed by atoms with E-state index in [0.29, 0.717) is 29.0 Å². The zero-order valence-electron chi connectivity index (χ0n) is 18.2. The van der Waals surface area contributed by atoms with Gasteiger partial charge in [0.2, 0.25) is 0 Å². The summed E-state index contributed by atoms with van der Waals surface area (Å²) in [7, 11) is 0. The second-order valence-corrected chi connectivity index (χ2v) is 8.66. The highest BCUT2D eigenvalue weighted by molar-refractivity contribution is 5.73. The second-order valence-electron chi connectivity index (χ2n) is 8.66. The topological polar surface area (TPSA) is 173 Å². The molecule has 2 aromatic rings. The molecule has 2 aromatic carbocycles. The minimum atomic E-state index is -3.89. The van der Waals surface area contributed by atoms with Crippen LogP contribution < -0.4 is 4.74 Å². The van der Waals surface area contributed by atoms with Gasteiger partial charge < -0.3 is 44.8 Å². The Kier molecular flexibility index (Phi) is 5.14. The Hall–Kier alpha value is -2.59. The molecule has 2 aliphatic rings. The van der Waals surface area contributed by atoms with Gasteiger partial charge in [-0.2, -0.15) is 5.26 Å². The lowest BCUT2D eigenvalue weighted by Crippen LogP contribution is -2.85. The first-order chi connectivity index (χ1) is 15.3. The molecule has 6 N–H and O–H groups in total. The molecule has 176 valence electrons. The van der Waals surface area contributed by atoms with Crippen LogP contribution in [0.3, 0.4) is 0 Å². The molecule has 33 heavy (non-hydrogen) atoms. The van der Waals surface area contributed by atoms with Crippen LogP contribution in [-0.4, -0.2) is 60.2 Å². The summed E-state index contributed by atoms with van der Waals surface area (Å²) in [6.07, 6.45) is 0. The third-order valence-corrected chi connectivity index (χ3v) is 6.30. The molecular weight excluding hydrogens is 434 g/mol. The lowest BCUT2D eigenvalue weighted by atomic mass is 9.74. The predicted octanol–water partition coefficient (Wildman–Crippen LogP) is 0.158. The summed E-state index contributed by atoms with van der Waals surface area (Å²) < 4.78 is 16.7. The summed E-state index contributed by atoms with van der Waals surface area (Å²) in [6.45, 7) is 4.31. The first kappa shape index (κ1) is 23.6. The fraction of sp³-hybridized carbons (Fsp3) is 0.435. The van der Waals surface area contributed by atoms with Crippen LogP contribution in [0.15, 0.2) is 36.4 Å². The van der Waals surface area contributed by atoms with E-state index in [2.05, 4.69) is 6.07 Å². The van der Waals surface area contributed by atoms with E-state index >= 15 is 0 Å². The molecule has 2 aliphatic heterocycles. The number of rotatable bonds is 3. The molecule has 0 bridgehead atoms. The SMILES string of the molecule is CCOc1ccc(-c2cc3c(cc2C#N)COC32OC(C)(C)C(O)(O)C(O)(O)C2(O)O)cc1. The number of nitriles is 1. The Bertz CT molecular complexity index is 1130. The van der Waals surface area contributed by atoms with Crippen LogP contribution in [0.25, 0.3) is 11.1 Å². The summed E-state index contributed by atoms with van der Waals surface area (Å²) in [5.41, 5.74) is -0.592. The number of ether oxygens (including phenoxy) is 3. The zero-order valence-corrected chi connectivity index (χ0v) is 18.2. The summed E-state index contributed by atoms with van der Waals surface area (Å²) >= 11 is 0. The number of hydrogen-bond donors (Lipinski definition) is 6. The van der Waals surface area contributed by atoms with Gasteiger partial charge in [-0.15, -0.1) is 0 Å².